The number of anilines is 1. The molecule has 0 saturated heterocycles. The number of hydrogen-bond donors (Lipinski definition) is 2. The first kappa shape index (κ1) is 13.0. The summed E-state index contributed by atoms with van der Waals surface area (Å²) < 4.78 is 0. The van der Waals surface area contributed by atoms with Gasteiger partial charge >= 0.3 is 0 Å². The van der Waals surface area contributed by atoms with Crippen LogP contribution in [-0.2, 0) is 4.79 Å². The number of aliphatic hydroxyl groups excluding tert-OH is 1. The van der Waals surface area contributed by atoms with Gasteiger partial charge in [-0.1, -0.05) is 6.92 Å². The molecule has 0 saturated carbocycles. The number of rotatable bonds is 5. The fourth-order valence-corrected chi connectivity index (χ4v) is 1.75. The SMILES string of the molecule is C[C@@H](O)[C@@H](C)SCC(=O)Nc1cccnc1. The average molecular weight is 240 g/mol. The average Bonchev–Trinajstić information content (AvgIpc) is 2.27. The van der Waals surface area contributed by atoms with Gasteiger partial charge in [-0.3, -0.25) is 9.78 Å². The van der Waals surface area contributed by atoms with Crippen LogP contribution in [0, 0.1) is 0 Å². The molecule has 0 aromatic carbocycles. The van der Waals surface area contributed by atoms with Crippen LogP contribution in [0.4, 0.5) is 5.69 Å². The zero-order valence-corrected chi connectivity index (χ0v) is 10.2. The number of hydrogen-bond acceptors (Lipinski definition) is 4. The summed E-state index contributed by atoms with van der Waals surface area (Å²) in [6, 6.07) is 3.55. The lowest BCUT2D eigenvalue weighted by Crippen LogP contribution is -2.20. The van der Waals surface area contributed by atoms with Crippen molar-refractivity contribution >= 4 is 23.4 Å². The second-order valence-corrected chi connectivity index (χ2v) is 4.91. The van der Waals surface area contributed by atoms with Crippen LogP contribution >= 0.6 is 11.8 Å². The number of nitrogens with zero attached hydrogens (tertiary/aromatic N) is 1. The number of amides is 1. The molecule has 4 nitrogen and oxygen atoms in total. The largest absolute Gasteiger partial charge is 0.392 e. The topological polar surface area (TPSA) is 62.2 Å². The minimum absolute atomic E-state index is 0.0552. The van der Waals surface area contributed by atoms with E-state index in [4.69, 9.17) is 0 Å². The number of thioether (sulfide) groups is 1. The van der Waals surface area contributed by atoms with Gasteiger partial charge in [-0.15, -0.1) is 11.8 Å². The summed E-state index contributed by atoms with van der Waals surface area (Å²) >= 11 is 1.43. The van der Waals surface area contributed by atoms with E-state index in [2.05, 4.69) is 10.3 Å². The predicted molar refractivity (Wildman–Crippen MR) is 66.5 cm³/mol. The summed E-state index contributed by atoms with van der Waals surface area (Å²) in [4.78, 5) is 15.4. The fourth-order valence-electron chi connectivity index (χ4n) is 0.980. The van der Waals surface area contributed by atoms with Crippen LogP contribution in [0.1, 0.15) is 13.8 Å². The Morgan fingerprint density at radius 2 is 2.38 bits per heavy atom. The molecule has 5 heteroatoms. The molecule has 0 fully saturated rings. The second-order valence-electron chi connectivity index (χ2n) is 3.55. The highest BCUT2D eigenvalue weighted by Gasteiger charge is 2.11. The molecule has 1 aromatic heterocycles. The van der Waals surface area contributed by atoms with Gasteiger partial charge in [0.05, 0.1) is 23.7 Å². The van der Waals surface area contributed by atoms with Gasteiger partial charge in [-0.2, -0.15) is 0 Å². The smallest absolute Gasteiger partial charge is 0.234 e. The maximum atomic E-state index is 11.5. The number of pyridine rings is 1. The summed E-state index contributed by atoms with van der Waals surface area (Å²) in [6.45, 7) is 3.61. The molecular weight excluding hydrogens is 224 g/mol. The van der Waals surface area contributed by atoms with E-state index >= 15 is 0 Å². The molecule has 88 valence electrons. The molecule has 0 aliphatic rings. The van der Waals surface area contributed by atoms with Crippen LogP contribution in [0.25, 0.3) is 0 Å². The van der Waals surface area contributed by atoms with E-state index in [0.29, 0.717) is 11.4 Å². The highest BCUT2D eigenvalue weighted by Crippen LogP contribution is 2.14. The lowest BCUT2D eigenvalue weighted by atomic mass is 10.3. The van der Waals surface area contributed by atoms with Crippen LogP contribution in [0.3, 0.4) is 0 Å². The number of carbonyl (C=O) groups excluding carboxylic acids is 1. The van der Waals surface area contributed by atoms with E-state index in [0.717, 1.165) is 0 Å². The molecular formula is C11H16N2O2S. The Labute approximate surface area is 99.5 Å². The maximum absolute atomic E-state index is 11.5. The van der Waals surface area contributed by atoms with Gasteiger partial charge in [0.1, 0.15) is 0 Å². The Hall–Kier alpha value is -1.07. The highest BCUT2D eigenvalue weighted by atomic mass is 32.2. The molecule has 0 aliphatic carbocycles. The van der Waals surface area contributed by atoms with Crippen LogP contribution in [0.15, 0.2) is 24.5 Å². The summed E-state index contributed by atoms with van der Waals surface area (Å²) in [6.07, 6.45) is 2.84. The van der Waals surface area contributed by atoms with Gasteiger partial charge in [0.25, 0.3) is 0 Å². The van der Waals surface area contributed by atoms with Crippen LogP contribution in [0.5, 0.6) is 0 Å². The van der Waals surface area contributed by atoms with E-state index < -0.39 is 6.10 Å². The molecule has 1 amide bonds. The van der Waals surface area contributed by atoms with Crippen molar-refractivity contribution < 1.29 is 9.90 Å². The number of aliphatic hydroxyl groups is 1. The molecule has 0 spiro atoms. The lowest BCUT2D eigenvalue weighted by molar-refractivity contribution is -0.113. The third kappa shape index (κ3) is 4.63. The number of nitrogens with one attached hydrogen (secondary N) is 1. The first-order valence-corrected chi connectivity index (χ1v) is 6.14. The van der Waals surface area contributed by atoms with Gasteiger partial charge in [-0.25, -0.2) is 0 Å². The molecule has 0 aliphatic heterocycles. The summed E-state index contributed by atoms with van der Waals surface area (Å²) in [5, 5.41) is 12.0. The fraction of sp³-hybridized carbons (Fsp3) is 0.455. The van der Waals surface area contributed by atoms with Crippen molar-refractivity contribution in [2.45, 2.75) is 25.2 Å². The first-order valence-electron chi connectivity index (χ1n) is 5.09. The summed E-state index contributed by atoms with van der Waals surface area (Å²) in [7, 11) is 0. The van der Waals surface area contributed by atoms with E-state index in [-0.39, 0.29) is 11.2 Å². The number of aromatic nitrogens is 1. The van der Waals surface area contributed by atoms with E-state index in [1.165, 1.54) is 11.8 Å². The van der Waals surface area contributed by atoms with Gasteiger partial charge < -0.3 is 10.4 Å². The summed E-state index contributed by atoms with van der Waals surface area (Å²) in [5.74, 6) is 0.256. The summed E-state index contributed by atoms with van der Waals surface area (Å²) in [5.41, 5.74) is 0.692. The Kier molecular flexibility index (Phi) is 5.28. The minimum atomic E-state index is -0.406. The Morgan fingerprint density at radius 1 is 1.62 bits per heavy atom. The normalized spacial score (nSPS) is 14.2. The standard InChI is InChI=1S/C11H16N2O2S/c1-8(14)9(2)16-7-11(15)13-10-4-3-5-12-6-10/h3-6,8-9,14H,7H2,1-2H3,(H,13,15)/t8-,9-/m1/s1. The van der Waals surface area contributed by atoms with Crippen molar-refractivity contribution in [1.82, 2.24) is 4.98 Å². The van der Waals surface area contributed by atoms with Crippen molar-refractivity contribution in [2.24, 2.45) is 0 Å². The highest BCUT2D eigenvalue weighted by molar-refractivity contribution is 8.00. The van der Waals surface area contributed by atoms with Crippen molar-refractivity contribution in [2.75, 3.05) is 11.1 Å². The molecule has 2 N–H and O–H groups in total. The quantitative estimate of drug-likeness (QED) is 0.819. The van der Waals surface area contributed by atoms with Gasteiger partial charge in [0.2, 0.25) is 5.91 Å². The van der Waals surface area contributed by atoms with Crippen LogP contribution in [0.2, 0.25) is 0 Å². The van der Waals surface area contributed by atoms with Crippen molar-refractivity contribution in [3.05, 3.63) is 24.5 Å². The van der Waals surface area contributed by atoms with Crippen LogP contribution in [-0.4, -0.2) is 33.1 Å². The number of carbonyl (C=O) groups is 1. The molecule has 1 rings (SSSR count). The lowest BCUT2D eigenvalue weighted by Gasteiger charge is -2.13. The van der Waals surface area contributed by atoms with E-state index in [1.54, 1.807) is 31.5 Å². The first-order chi connectivity index (χ1) is 7.59. The van der Waals surface area contributed by atoms with Crippen molar-refractivity contribution in [1.29, 1.82) is 0 Å². The van der Waals surface area contributed by atoms with Gasteiger partial charge in [0.15, 0.2) is 0 Å². The Morgan fingerprint density at radius 3 is 2.94 bits per heavy atom. The zero-order chi connectivity index (χ0) is 12.0. The van der Waals surface area contributed by atoms with Crippen molar-refractivity contribution in [3.8, 4) is 0 Å². The molecule has 0 bridgehead atoms. The molecule has 2 atom stereocenters. The molecule has 1 aromatic rings. The monoisotopic (exact) mass is 240 g/mol. The molecule has 16 heavy (non-hydrogen) atoms. The van der Waals surface area contributed by atoms with Crippen molar-refractivity contribution in [3.63, 3.8) is 0 Å². The maximum Gasteiger partial charge on any atom is 0.234 e. The minimum Gasteiger partial charge on any atom is -0.392 e. The Balaban J connectivity index is 2.32. The van der Waals surface area contributed by atoms with E-state index in [9.17, 15) is 9.90 Å². The predicted octanol–water partition coefficient (Wildman–Crippen LogP) is 1.52. The zero-order valence-electron chi connectivity index (χ0n) is 9.38. The van der Waals surface area contributed by atoms with Gasteiger partial charge in [0, 0.05) is 11.4 Å². The van der Waals surface area contributed by atoms with Gasteiger partial charge in [-0.05, 0) is 19.1 Å². The molecule has 0 radical (unpaired) electrons. The Bertz CT molecular complexity index is 330. The van der Waals surface area contributed by atoms with E-state index in [1.807, 2.05) is 6.92 Å². The molecule has 0 unspecified atom stereocenters. The molecule has 1 heterocycles. The third-order valence-corrected chi connectivity index (χ3v) is 3.45. The third-order valence-electron chi connectivity index (χ3n) is 2.10. The second kappa shape index (κ2) is 6.50. The van der Waals surface area contributed by atoms with Crippen LogP contribution < -0.4 is 5.32 Å².